The fourth-order valence-corrected chi connectivity index (χ4v) is 6.23. The Morgan fingerprint density at radius 3 is 2.74 bits per heavy atom. The van der Waals surface area contributed by atoms with Crippen LogP contribution >= 0.6 is 0 Å². The number of hydrogen-bond acceptors (Lipinski definition) is 7. The van der Waals surface area contributed by atoms with E-state index in [-0.39, 0.29) is 18.2 Å². The normalized spacial score (nSPS) is 24.3. The van der Waals surface area contributed by atoms with E-state index in [4.69, 9.17) is 9.72 Å². The first-order chi connectivity index (χ1) is 17.1. The molecule has 2 saturated heterocycles. The number of aromatic nitrogens is 5. The molecule has 11 heteroatoms. The molecule has 3 aromatic heterocycles. The van der Waals surface area contributed by atoms with Gasteiger partial charge in [0.2, 0.25) is 10.3 Å². The molecule has 3 unspecified atom stereocenters. The van der Waals surface area contributed by atoms with Crippen molar-refractivity contribution in [3.8, 4) is 0 Å². The molecular weight excluding hydrogens is 466 g/mol. The zero-order valence-electron chi connectivity index (χ0n) is 19.4. The fourth-order valence-electron chi connectivity index (χ4n) is 5.78. The summed E-state index contributed by atoms with van der Waals surface area (Å²) in [6, 6.07) is 6.24. The predicted octanol–water partition coefficient (Wildman–Crippen LogP) is 2.29. The zero-order chi connectivity index (χ0) is 23.9. The smallest absolute Gasteiger partial charge is 0.225 e. The summed E-state index contributed by atoms with van der Waals surface area (Å²) in [5.41, 5.74) is 4.20. The Bertz CT molecular complexity index is 1480. The summed E-state index contributed by atoms with van der Waals surface area (Å²) < 4.78 is 31.0. The molecule has 3 atom stereocenters. The molecule has 2 fully saturated rings. The van der Waals surface area contributed by atoms with Crippen molar-refractivity contribution in [3.05, 3.63) is 54.7 Å². The Kier molecular flexibility index (Phi) is 5.75. The molecule has 1 N–H and O–H groups in total. The number of likely N-dealkylation sites (tertiary alicyclic amines) is 1. The highest BCUT2D eigenvalue weighted by Crippen LogP contribution is 2.39. The summed E-state index contributed by atoms with van der Waals surface area (Å²) in [5.74, 6) is 1.18. The molecule has 0 radical (unpaired) electrons. The number of morpholine rings is 1. The van der Waals surface area contributed by atoms with E-state index in [2.05, 4.69) is 33.1 Å². The van der Waals surface area contributed by atoms with E-state index in [1.54, 1.807) is 6.20 Å². The molecule has 0 aliphatic carbocycles. The molecule has 1 aromatic carbocycles. The second-order valence-corrected chi connectivity index (χ2v) is 10.0. The highest BCUT2D eigenvalue weighted by atomic mass is 32.2. The molecule has 35 heavy (non-hydrogen) atoms. The number of hydrogen-bond donors (Lipinski definition) is 1. The van der Waals surface area contributed by atoms with Gasteiger partial charge in [-0.15, -0.1) is 0 Å². The lowest BCUT2D eigenvalue weighted by atomic mass is 9.84. The predicted molar refractivity (Wildman–Crippen MR) is 133 cm³/mol. The first-order valence-electron chi connectivity index (χ1n) is 11.9. The Morgan fingerprint density at radius 1 is 1.14 bits per heavy atom. The number of H-pyrrole nitrogens is 1. The number of ether oxygens (including phenoxy) is 1. The highest BCUT2D eigenvalue weighted by Gasteiger charge is 2.42. The van der Waals surface area contributed by atoms with Crippen molar-refractivity contribution in [2.24, 2.45) is 5.92 Å². The lowest BCUT2D eigenvalue weighted by Gasteiger charge is -2.49. The third-order valence-corrected chi connectivity index (χ3v) is 7.78. The SMILES string of the molecule is CC1OC(c2cccc3[nH]ncc23)CN(c2nccn3ccnc23)C1C1CCN(C=S(=O)=O)CC1. The van der Waals surface area contributed by atoms with E-state index in [1.807, 2.05) is 46.2 Å². The second-order valence-electron chi connectivity index (χ2n) is 9.30. The number of imidazole rings is 1. The van der Waals surface area contributed by atoms with Crippen LogP contribution in [0.25, 0.3) is 16.6 Å². The Hall–Kier alpha value is -3.28. The number of benzene rings is 1. The highest BCUT2D eigenvalue weighted by molar-refractivity contribution is 7.71. The molecule has 2 aliphatic rings. The van der Waals surface area contributed by atoms with Crippen molar-refractivity contribution >= 4 is 38.2 Å². The van der Waals surface area contributed by atoms with Gasteiger partial charge in [0, 0.05) is 43.3 Å². The summed E-state index contributed by atoms with van der Waals surface area (Å²) in [4.78, 5) is 13.6. The van der Waals surface area contributed by atoms with Gasteiger partial charge >= 0.3 is 0 Å². The van der Waals surface area contributed by atoms with Crippen LogP contribution in [-0.2, 0) is 15.0 Å². The minimum atomic E-state index is -2.18. The lowest BCUT2D eigenvalue weighted by molar-refractivity contribution is -0.0564. The van der Waals surface area contributed by atoms with Crippen molar-refractivity contribution in [1.82, 2.24) is 29.5 Å². The molecule has 2 aliphatic heterocycles. The average molecular weight is 494 g/mol. The number of anilines is 1. The third kappa shape index (κ3) is 4.09. The van der Waals surface area contributed by atoms with Gasteiger partial charge in [-0.2, -0.15) is 13.5 Å². The minimum absolute atomic E-state index is 0.0675. The van der Waals surface area contributed by atoms with Crippen LogP contribution in [0.2, 0.25) is 0 Å². The topological polar surface area (TPSA) is 109 Å². The van der Waals surface area contributed by atoms with Crippen molar-refractivity contribution in [1.29, 1.82) is 0 Å². The van der Waals surface area contributed by atoms with Crippen LogP contribution in [-0.4, -0.2) is 75.2 Å². The van der Waals surface area contributed by atoms with Crippen LogP contribution in [0.4, 0.5) is 5.82 Å². The molecule has 4 aromatic rings. The molecule has 10 nitrogen and oxygen atoms in total. The third-order valence-electron chi connectivity index (χ3n) is 7.30. The number of fused-ring (bicyclic) bond motifs is 2. The quantitative estimate of drug-likeness (QED) is 0.432. The molecule has 6 rings (SSSR count). The van der Waals surface area contributed by atoms with Crippen molar-refractivity contribution < 1.29 is 13.2 Å². The zero-order valence-corrected chi connectivity index (χ0v) is 20.2. The van der Waals surface area contributed by atoms with Gasteiger partial charge in [-0.1, -0.05) is 12.1 Å². The fraction of sp³-hybridized carbons (Fsp3) is 0.417. The van der Waals surface area contributed by atoms with E-state index in [0.717, 1.165) is 40.8 Å². The molecule has 5 heterocycles. The minimum Gasteiger partial charge on any atom is -0.367 e. The van der Waals surface area contributed by atoms with Crippen LogP contribution in [0.1, 0.15) is 31.4 Å². The number of nitrogens with one attached hydrogen (secondary N) is 1. The monoisotopic (exact) mass is 493 g/mol. The number of aromatic amines is 1. The summed E-state index contributed by atoms with van der Waals surface area (Å²) in [5, 5.41) is 8.35. The summed E-state index contributed by atoms with van der Waals surface area (Å²) >= 11 is 0. The van der Waals surface area contributed by atoms with Gasteiger partial charge in [0.15, 0.2) is 11.5 Å². The maximum atomic E-state index is 11.1. The van der Waals surface area contributed by atoms with Crippen molar-refractivity contribution in [3.63, 3.8) is 0 Å². The Balaban J connectivity index is 1.38. The van der Waals surface area contributed by atoms with E-state index >= 15 is 0 Å². The van der Waals surface area contributed by atoms with E-state index in [9.17, 15) is 8.42 Å². The molecule has 0 saturated carbocycles. The number of nitrogens with zero attached hydrogens (tertiary/aromatic N) is 6. The van der Waals surface area contributed by atoms with Gasteiger partial charge in [-0.3, -0.25) is 10.00 Å². The van der Waals surface area contributed by atoms with Gasteiger partial charge in [-0.05, 0) is 37.3 Å². The van der Waals surface area contributed by atoms with Crippen LogP contribution < -0.4 is 4.90 Å². The average Bonchev–Trinajstić information content (AvgIpc) is 3.53. The van der Waals surface area contributed by atoms with Gasteiger partial charge in [0.1, 0.15) is 11.6 Å². The Labute approximate surface area is 204 Å². The molecular formula is C24H27N7O3S. The number of rotatable bonds is 4. The summed E-state index contributed by atoms with van der Waals surface area (Å²) in [6.45, 7) is 4.18. The van der Waals surface area contributed by atoms with Crippen molar-refractivity contribution in [2.45, 2.75) is 38.0 Å². The van der Waals surface area contributed by atoms with E-state index < -0.39 is 10.3 Å². The van der Waals surface area contributed by atoms with Crippen molar-refractivity contribution in [2.75, 3.05) is 24.5 Å². The first kappa shape index (κ1) is 22.2. The lowest BCUT2D eigenvalue weighted by Crippen LogP contribution is -2.57. The van der Waals surface area contributed by atoms with Gasteiger partial charge < -0.3 is 14.0 Å². The van der Waals surface area contributed by atoms with E-state index in [0.29, 0.717) is 25.6 Å². The summed E-state index contributed by atoms with van der Waals surface area (Å²) in [6.07, 6.45) is 10.8. The molecule has 0 bridgehead atoms. The molecule has 0 amide bonds. The summed E-state index contributed by atoms with van der Waals surface area (Å²) in [7, 11) is -2.18. The van der Waals surface area contributed by atoms with Crippen LogP contribution in [0.5, 0.6) is 0 Å². The molecule has 0 spiro atoms. The molecule has 182 valence electrons. The number of piperidine rings is 1. The van der Waals surface area contributed by atoms with E-state index in [1.165, 1.54) is 5.49 Å². The second kappa shape index (κ2) is 9.06. The van der Waals surface area contributed by atoms with Gasteiger partial charge in [-0.25, -0.2) is 9.97 Å². The van der Waals surface area contributed by atoms with Gasteiger partial charge in [0.05, 0.1) is 30.4 Å². The Morgan fingerprint density at radius 2 is 1.94 bits per heavy atom. The van der Waals surface area contributed by atoms with Crippen LogP contribution in [0.15, 0.2) is 49.2 Å². The maximum Gasteiger partial charge on any atom is 0.225 e. The van der Waals surface area contributed by atoms with Crippen LogP contribution in [0.3, 0.4) is 0 Å². The van der Waals surface area contributed by atoms with Crippen LogP contribution in [0, 0.1) is 5.92 Å². The largest absolute Gasteiger partial charge is 0.367 e. The first-order valence-corrected chi connectivity index (χ1v) is 13.0. The maximum absolute atomic E-state index is 11.1. The standard InChI is InChI=1S/C24H27N7O3S/c1-16-22(17-5-9-29(10-6-17)15-35(32)33)31(24-23-25-7-11-30(23)12-8-26-24)14-21(34-16)18-3-2-4-20-19(18)13-27-28-20/h2-4,7-8,11-13,15-17,21-22H,5-6,9-10,14H2,1H3,(H,27,28). The van der Waals surface area contributed by atoms with Gasteiger partial charge in [0.25, 0.3) is 0 Å².